The maximum atomic E-state index is 12.6. The van der Waals surface area contributed by atoms with Gasteiger partial charge in [0.05, 0.1) is 6.04 Å². The number of hydrogen-bond donors (Lipinski definition) is 1. The van der Waals surface area contributed by atoms with Gasteiger partial charge >= 0.3 is 6.09 Å². The summed E-state index contributed by atoms with van der Waals surface area (Å²) in [7, 11) is 0. The monoisotopic (exact) mass is 370 g/mol. The number of nitrogens with one attached hydrogen (secondary N) is 1. The quantitative estimate of drug-likeness (QED) is 0.764. The largest absolute Gasteiger partial charge is 0.415 e. The zero-order chi connectivity index (χ0) is 18.1. The number of carbonyl (C=O) groups is 1. The van der Waals surface area contributed by atoms with Crippen molar-refractivity contribution < 1.29 is 9.53 Å². The molecule has 0 aliphatic carbocycles. The lowest BCUT2D eigenvalue weighted by atomic mass is 10.2. The molecule has 1 atom stereocenters. The SMILES string of the molecule is CCc1nc2sc(C3CCCN3C(=O)Oc3ccccc3)nc2c(=O)[nH]1. The molecule has 1 aromatic carbocycles. The van der Waals surface area contributed by atoms with Crippen LogP contribution < -0.4 is 10.3 Å². The molecule has 1 fully saturated rings. The maximum absolute atomic E-state index is 12.6. The molecule has 3 heterocycles. The van der Waals surface area contributed by atoms with Crippen LogP contribution in [0.25, 0.3) is 10.3 Å². The van der Waals surface area contributed by atoms with E-state index >= 15 is 0 Å². The fraction of sp³-hybridized carbons (Fsp3) is 0.333. The van der Waals surface area contributed by atoms with Crippen LogP contribution in [-0.2, 0) is 6.42 Å². The Morgan fingerprint density at radius 1 is 1.35 bits per heavy atom. The molecule has 2 aromatic heterocycles. The van der Waals surface area contributed by atoms with Crippen molar-refractivity contribution in [2.45, 2.75) is 32.2 Å². The number of likely N-dealkylation sites (tertiary alicyclic amines) is 1. The average Bonchev–Trinajstić information content (AvgIpc) is 3.29. The molecule has 1 aliphatic rings. The van der Waals surface area contributed by atoms with Crippen LogP contribution in [0.15, 0.2) is 35.1 Å². The lowest BCUT2D eigenvalue weighted by Gasteiger charge is -2.22. The molecule has 7 nitrogen and oxygen atoms in total. The smallest absolute Gasteiger partial charge is 0.410 e. The highest BCUT2D eigenvalue weighted by molar-refractivity contribution is 7.18. The van der Waals surface area contributed by atoms with E-state index in [0.717, 1.165) is 17.8 Å². The zero-order valence-corrected chi connectivity index (χ0v) is 15.1. The van der Waals surface area contributed by atoms with E-state index in [1.54, 1.807) is 17.0 Å². The number of aryl methyl sites for hydroxylation is 1. The minimum Gasteiger partial charge on any atom is -0.410 e. The van der Waals surface area contributed by atoms with E-state index in [1.807, 2.05) is 25.1 Å². The van der Waals surface area contributed by atoms with Crippen LogP contribution in [-0.4, -0.2) is 32.5 Å². The standard InChI is InChI=1S/C18H18N4O3S/c1-2-13-19-15(23)14-17(20-13)26-16(21-14)12-9-6-10-22(12)18(24)25-11-7-4-3-5-8-11/h3-5,7-8,12H,2,6,9-10H2,1H3,(H,19,20,23). The number of thiazole rings is 1. The van der Waals surface area contributed by atoms with Gasteiger partial charge in [0.1, 0.15) is 16.6 Å². The number of fused-ring (bicyclic) bond motifs is 1. The first-order chi connectivity index (χ1) is 12.7. The summed E-state index contributed by atoms with van der Waals surface area (Å²) in [4.78, 5) is 38.7. The molecule has 8 heteroatoms. The second-order valence-corrected chi connectivity index (χ2v) is 7.11. The Labute approximate surface area is 153 Å². The van der Waals surface area contributed by atoms with Gasteiger partial charge in [0, 0.05) is 13.0 Å². The van der Waals surface area contributed by atoms with Gasteiger partial charge in [0.15, 0.2) is 10.3 Å². The van der Waals surface area contributed by atoms with Gasteiger partial charge in [-0.2, -0.15) is 0 Å². The van der Waals surface area contributed by atoms with E-state index in [2.05, 4.69) is 15.0 Å². The van der Waals surface area contributed by atoms with E-state index in [0.29, 0.717) is 34.9 Å². The lowest BCUT2D eigenvalue weighted by Crippen LogP contribution is -2.33. The van der Waals surface area contributed by atoms with Crippen LogP contribution in [0, 0.1) is 0 Å². The molecule has 0 bridgehead atoms. The van der Waals surface area contributed by atoms with Gasteiger partial charge in [0.25, 0.3) is 5.56 Å². The third-order valence-corrected chi connectivity index (χ3v) is 5.44. The first-order valence-corrected chi connectivity index (χ1v) is 9.40. The van der Waals surface area contributed by atoms with Crippen molar-refractivity contribution in [2.75, 3.05) is 6.54 Å². The second-order valence-electron chi connectivity index (χ2n) is 6.10. The normalized spacial score (nSPS) is 17.0. The van der Waals surface area contributed by atoms with Crippen LogP contribution in [0.3, 0.4) is 0 Å². The Kier molecular flexibility index (Phi) is 4.42. The van der Waals surface area contributed by atoms with Gasteiger partial charge in [-0.05, 0) is 25.0 Å². The van der Waals surface area contributed by atoms with Crippen LogP contribution in [0.1, 0.15) is 36.6 Å². The number of amides is 1. The minimum atomic E-state index is -0.394. The van der Waals surface area contributed by atoms with Gasteiger partial charge in [-0.15, -0.1) is 0 Å². The molecule has 1 aliphatic heterocycles. The zero-order valence-electron chi connectivity index (χ0n) is 14.3. The molecular weight excluding hydrogens is 352 g/mol. The molecule has 134 valence electrons. The fourth-order valence-corrected chi connectivity index (χ4v) is 4.20. The first kappa shape index (κ1) is 16.7. The maximum Gasteiger partial charge on any atom is 0.415 e. The number of ether oxygens (including phenoxy) is 1. The van der Waals surface area contributed by atoms with Crippen molar-refractivity contribution in [1.82, 2.24) is 19.9 Å². The lowest BCUT2D eigenvalue weighted by molar-refractivity contribution is 0.147. The van der Waals surface area contributed by atoms with Gasteiger partial charge in [0.2, 0.25) is 0 Å². The molecule has 4 rings (SSSR count). The van der Waals surface area contributed by atoms with Gasteiger partial charge in [-0.3, -0.25) is 9.69 Å². The molecule has 1 amide bonds. The number of H-pyrrole nitrogens is 1. The summed E-state index contributed by atoms with van der Waals surface area (Å²) in [6, 6.07) is 8.82. The Hall–Kier alpha value is -2.74. The number of rotatable bonds is 3. The summed E-state index contributed by atoms with van der Waals surface area (Å²) < 4.78 is 5.46. The Bertz CT molecular complexity index is 999. The van der Waals surface area contributed by atoms with Crippen LogP contribution in [0.2, 0.25) is 0 Å². The molecule has 26 heavy (non-hydrogen) atoms. The number of nitrogens with zero attached hydrogens (tertiary/aromatic N) is 3. The van der Waals surface area contributed by atoms with Crippen molar-refractivity contribution >= 4 is 27.8 Å². The Morgan fingerprint density at radius 2 is 2.15 bits per heavy atom. The summed E-state index contributed by atoms with van der Waals surface area (Å²) in [6.45, 7) is 2.54. The van der Waals surface area contributed by atoms with Gasteiger partial charge in [-0.1, -0.05) is 36.5 Å². The topological polar surface area (TPSA) is 88.2 Å². The third-order valence-electron chi connectivity index (χ3n) is 4.39. The second kappa shape index (κ2) is 6.87. The summed E-state index contributed by atoms with van der Waals surface area (Å²) in [6.07, 6.45) is 1.92. The van der Waals surface area contributed by atoms with E-state index in [1.165, 1.54) is 11.3 Å². The molecule has 0 spiro atoms. The predicted octanol–water partition coefficient (Wildman–Crippen LogP) is 3.28. The summed E-state index contributed by atoms with van der Waals surface area (Å²) >= 11 is 1.37. The van der Waals surface area contributed by atoms with Crippen molar-refractivity contribution in [2.24, 2.45) is 0 Å². The number of para-hydroxylation sites is 1. The predicted molar refractivity (Wildman–Crippen MR) is 98.6 cm³/mol. The molecule has 1 saturated heterocycles. The highest BCUT2D eigenvalue weighted by atomic mass is 32.1. The molecule has 3 aromatic rings. The number of aromatic nitrogens is 3. The van der Waals surface area contributed by atoms with Crippen LogP contribution in [0.4, 0.5) is 4.79 Å². The molecule has 1 unspecified atom stereocenters. The number of benzene rings is 1. The van der Waals surface area contributed by atoms with Crippen LogP contribution >= 0.6 is 11.3 Å². The minimum absolute atomic E-state index is 0.185. The molecule has 0 saturated carbocycles. The summed E-state index contributed by atoms with van der Waals surface area (Å²) in [5.41, 5.74) is 0.108. The highest BCUT2D eigenvalue weighted by Crippen LogP contribution is 2.35. The van der Waals surface area contributed by atoms with Crippen molar-refractivity contribution in [3.8, 4) is 5.75 Å². The Morgan fingerprint density at radius 3 is 2.92 bits per heavy atom. The average molecular weight is 370 g/mol. The number of carbonyl (C=O) groups excluding carboxylic acids is 1. The van der Waals surface area contributed by atoms with Gasteiger partial charge < -0.3 is 9.72 Å². The summed E-state index contributed by atoms with van der Waals surface area (Å²) in [5.74, 6) is 1.16. The van der Waals surface area contributed by atoms with Crippen LogP contribution in [0.5, 0.6) is 5.75 Å². The van der Waals surface area contributed by atoms with E-state index < -0.39 is 6.09 Å². The molecule has 0 radical (unpaired) electrons. The highest BCUT2D eigenvalue weighted by Gasteiger charge is 2.34. The number of aromatic amines is 1. The first-order valence-electron chi connectivity index (χ1n) is 8.59. The van der Waals surface area contributed by atoms with E-state index in [4.69, 9.17) is 4.74 Å². The van der Waals surface area contributed by atoms with E-state index in [9.17, 15) is 9.59 Å². The number of hydrogen-bond acceptors (Lipinski definition) is 6. The van der Waals surface area contributed by atoms with Gasteiger partial charge in [-0.25, -0.2) is 14.8 Å². The Balaban J connectivity index is 1.62. The molecular formula is C18H18N4O3S. The van der Waals surface area contributed by atoms with E-state index in [-0.39, 0.29) is 11.6 Å². The van der Waals surface area contributed by atoms with Crippen molar-refractivity contribution in [3.05, 3.63) is 51.5 Å². The summed E-state index contributed by atoms with van der Waals surface area (Å²) in [5, 5.41) is 0.730. The van der Waals surface area contributed by atoms with Crippen molar-refractivity contribution in [1.29, 1.82) is 0 Å². The van der Waals surface area contributed by atoms with Crippen molar-refractivity contribution in [3.63, 3.8) is 0 Å². The molecule has 1 N–H and O–H groups in total. The third kappa shape index (κ3) is 3.08. The fourth-order valence-electron chi connectivity index (χ4n) is 3.09.